The first-order valence-corrected chi connectivity index (χ1v) is 13.0. The van der Waals surface area contributed by atoms with E-state index in [2.05, 4.69) is 5.32 Å². The maximum Gasteiger partial charge on any atom is 0.341 e. The van der Waals surface area contributed by atoms with Crippen molar-refractivity contribution in [2.45, 2.75) is 51.4 Å². The van der Waals surface area contributed by atoms with Crippen LogP contribution in [0.1, 0.15) is 76.2 Å². The summed E-state index contributed by atoms with van der Waals surface area (Å²) >= 11 is 0. The highest BCUT2D eigenvalue weighted by atomic mass is 16.6. The fraction of sp³-hybridized carbons (Fsp3) is 0.300. The molecule has 0 bridgehead atoms. The predicted molar refractivity (Wildman–Crippen MR) is 145 cm³/mol. The lowest BCUT2D eigenvalue weighted by atomic mass is 9.99. The number of nitrogens with zero attached hydrogens (tertiary/aromatic N) is 1. The van der Waals surface area contributed by atoms with Gasteiger partial charge >= 0.3 is 5.97 Å². The fourth-order valence-corrected chi connectivity index (χ4v) is 4.86. The molecule has 0 aliphatic carbocycles. The van der Waals surface area contributed by atoms with Gasteiger partial charge in [-0.15, -0.1) is 0 Å². The van der Waals surface area contributed by atoms with E-state index in [9.17, 15) is 34.8 Å². The van der Waals surface area contributed by atoms with Crippen molar-refractivity contribution in [2.24, 2.45) is 0 Å². The molecule has 1 fully saturated rings. The Balaban J connectivity index is 1.66. The number of ketones is 1. The average molecular weight is 549 g/mol. The second-order valence-corrected chi connectivity index (χ2v) is 10.0. The summed E-state index contributed by atoms with van der Waals surface area (Å²) in [5, 5.41) is 42.1. The van der Waals surface area contributed by atoms with Crippen molar-refractivity contribution < 1.29 is 39.5 Å². The number of hydrogen-bond acceptors (Lipinski definition) is 9. The van der Waals surface area contributed by atoms with Gasteiger partial charge in [-0.25, -0.2) is 9.69 Å². The van der Waals surface area contributed by atoms with Crippen LogP contribution < -0.4 is 5.32 Å². The number of ether oxygens (including phenoxy) is 1. The van der Waals surface area contributed by atoms with E-state index in [0.717, 1.165) is 18.9 Å². The van der Waals surface area contributed by atoms with Crippen molar-refractivity contribution in [3.63, 3.8) is 0 Å². The zero-order valence-corrected chi connectivity index (χ0v) is 22.3. The summed E-state index contributed by atoms with van der Waals surface area (Å²) in [5.41, 5.74) is 0.136. The number of phenolic OH excluding ortho intramolecular Hbond substituents is 4. The zero-order chi connectivity index (χ0) is 29.0. The van der Waals surface area contributed by atoms with Crippen molar-refractivity contribution in [3.05, 3.63) is 82.9 Å². The number of aromatic hydroxyl groups is 4. The molecule has 210 valence electrons. The lowest BCUT2D eigenvalue weighted by Crippen LogP contribution is -2.64. The van der Waals surface area contributed by atoms with E-state index in [1.54, 1.807) is 0 Å². The van der Waals surface area contributed by atoms with Gasteiger partial charge in [-0.05, 0) is 75.2 Å². The minimum Gasteiger partial charge on any atom is -0.508 e. The molecule has 40 heavy (non-hydrogen) atoms. The first kappa shape index (κ1) is 28.4. The Kier molecular flexibility index (Phi) is 8.29. The third-order valence-corrected chi connectivity index (χ3v) is 6.94. The summed E-state index contributed by atoms with van der Waals surface area (Å²) in [6, 6.07) is 13.6. The Hall–Kier alpha value is -4.57. The van der Waals surface area contributed by atoms with E-state index in [1.165, 1.54) is 54.6 Å². The van der Waals surface area contributed by atoms with Crippen molar-refractivity contribution in [1.29, 1.82) is 0 Å². The molecule has 10 nitrogen and oxygen atoms in total. The van der Waals surface area contributed by atoms with E-state index in [0.29, 0.717) is 19.4 Å². The van der Waals surface area contributed by atoms with Gasteiger partial charge in [-0.1, -0.05) is 18.6 Å². The summed E-state index contributed by atoms with van der Waals surface area (Å²) in [4.78, 5) is 41.9. The second-order valence-electron chi connectivity index (χ2n) is 10.0. The molecule has 1 amide bonds. The highest BCUT2D eigenvalue weighted by Crippen LogP contribution is 2.38. The van der Waals surface area contributed by atoms with Gasteiger partial charge in [0, 0.05) is 30.1 Å². The summed E-state index contributed by atoms with van der Waals surface area (Å²) in [5.74, 6) is -5.56. The van der Waals surface area contributed by atoms with E-state index in [1.807, 2.05) is 18.7 Å². The van der Waals surface area contributed by atoms with Crippen LogP contribution in [0.15, 0.2) is 60.7 Å². The zero-order valence-electron chi connectivity index (χ0n) is 22.3. The maximum atomic E-state index is 13.6. The van der Waals surface area contributed by atoms with E-state index < -0.39 is 40.8 Å². The Labute approximate surface area is 231 Å². The molecule has 1 aliphatic rings. The monoisotopic (exact) mass is 548 g/mol. The van der Waals surface area contributed by atoms with Gasteiger partial charge in [0.25, 0.3) is 5.91 Å². The summed E-state index contributed by atoms with van der Waals surface area (Å²) in [7, 11) is 0. The van der Waals surface area contributed by atoms with Gasteiger partial charge in [-0.3, -0.25) is 9.59 Å². The molecule has 5 N–H and O–H groups in total. The molecule has 10 heteroatoms. The third kappa shape index (κ3) is 5.86. The van der Waals surface area contributed by atoms with Crippen molar-refractivity contribution in [3.8, 4) is 23.0 Å². The van der Waals surface area contributed by atoms with E-state index in [-0.39, 0.29) is 34.0 Å². The van der Waals surface area contributed by atoms with Crippen LogP contribution in [0, 0.1) is 0 Å². The molecule has 3 aromatic rings. The number of nitrogens with one attached hydrogen (secondary N) is 1. The molecule has 1 heterocycles. The number of amides is 1. The van der Waals surface area contributed by atoms with Crippen LogP contribution >= 0.6 is 0 Å². The molecule has 3 aromatic carbocycles. The van der Waals surface area contributed by atoms with Crippen LogP contribution in [0.3, 0.4) is 0 Å². The van der Waals surface area contributed by atoms with Crippen LogP contribution in [0.4, 0.5) is 0 Å². The summed E-state index contributed by atoms with van der Waals surface area (Å²) < 4.78 is 6.06. The number of hydrogen-bond donors (Lipinski definition) is 5. The largest absolute Gasteiger partial charge is 0.508 e. The first-order chi connectivity index (χ1) is 19.0. The van der Waals surface area contributed by atoms with E-state index >= 15 is 0 Å². The number of phenols is 4. The van der Waals surface area contributed by atoms with Crippen LogP contribution in [0.5, 0.6) is 23.0 Å². The molecule has 0 radical (unpaired) electrons. The SMILES string of the molecule is CC(C)N1CCCCCC1(NC(=O)c1cccc(C(=O)c2ccc(O)c(O)c2O)c1)OC(=O)c1ccc(O)cc1. The maximum absolute atomic E-state index is 13.6. The highest BCUT2D eigenvalue weighted by molar-refractivity contribution is 6.12. The second kappa shape index (κ2) is 11.7. The van der Waals surface area contributed by atoms with Crippen LogP contribution in [0.25, 0.3) is 0 Å². The molecular formula is C30H32N2O8. The fourth-order valence-electron chi connectivity index (χ4n) is 4.86. The third-order valence-electron chi connectivity index (χ3n) is 6.94. The molecule has 0 aromatic heterocycles. The summed E-state index contributed by atoms with van der Waals surface area (Å²) in [6.45, 7) is 4.46. The molecule has 1 aliphatic heterocycles. The van der Waals surface area contributed by atoms with Crippen molar-refractivity contribution in [1.82, 2.24) is 10.2 Å². The van der Waals surface area contributed by atoms with Crippen LogP contribution in [-0.2, 0) is 4.74 Å². The van der Waals surface area contributed by atoms with Gasteiger partial charge in [0.2, 0.25) is 11.6 Å². The summed E-state index contributed by atoms with van der Waals surface area (Å²) in [6.07, 6.45) is 2.75. The average Bonchev–Trinajstić information content (AvgIpc) is 3.14. The number of esters is 1. The predicted octanol–water partition coefficient (Wildman–Crippen LogP) is 4.27. The van der Waals surface area contributed by atoms with E-state index in [4.69, 9.17) is 4.74 Å². The highest BCUT2D eigenvalue weighted by Gasteiger charge is 2.44. The van der Waals surface area contributed by atoms with Crippen LogP contribution in [0.2, 0.25) is 0 Å². The number of likely N-dealkylation sites (tertiary alicyclic amines) is 1. The molecule has 0 spiro atoms. The number of carbonyl (C=O) groups excluding carboxylic acids is 3. The standard InChI is InChI=1S/C30H32N2O8/c1-18(2)32-16-5-3-4-15-30(32,40-29(39)19-9-11-22(33)12-10-19)31-28(38)21-8-6-7-20(17-21)25(35)23-13-14-24(34)27(37)26(23)36/h6-14,17-18,33-34,36-37H,3-5,15-16H2,1-2H3,(H,31,38). The Morgan fingerprint density at radius 3 is 2.25 bits per heavy atom. The first-order valence-electron chi connectivity index (χ1n) is 13.0. The van der Waals surface area contributed by atoms with Gasteiger partial charge in [0.15, 0.2) is 17.3 Å². The van der Waals surface area contributed by atoms with Gasteiger partial charge in [0.1, 0.15) is 5.75 Å². The number of rotatable bonds is 7. The minimum absolute atomic E-state index is 0.00287. The normalized spacial score (nSPS) is 17.7. The van der Waals surface area contributed by atoms with Crippen molar-refractivity contribution in [2.75, 3.05) is 6.54 Å². The van der Waals surface area contributed by atoms with Gasteiger partial charge in [-0.2, -0.15) is 0 Å². The molecule has 0 saturated carbocycles. The van der Waals surface area contributed by atoms with Gasteiger partial charge in [0.05, 0.1) is 11.1 Å². The number of carbonyl (C=O) groups is 3. The molecule has 4 rings (SSSR count). The van der Waals surface area contributed by atoms with Crippen molar-refractivity contribution >= 4 is 17.7 Å². The topological polar surface area (TPSA) is 157 Å². The van der Waals surface area contributed by atoms with Gasteiger partial charge < -0.3 is 30.5 Å². The lowest BCUT2D eigenvalue weighted by molar-refractivity contribution is -0.147. The lowest BCUT2D eigenvalue weighted by Gasteiger charge is -2.44. The Morgan fingerprint density at radius 1 is 0.850 bits per heavy atom. The minimum atomic E-state index is -1.47. The Bertz CT molecular complexity index is 1420. The molecule has 1 unspecified atom stereocenters. The quantitative estimate of drug-likeness (QED) is 0.126. The molecular weight excluding hydrogens is 516 g/mol. The smallest absolute Gasteiger partial charge is 0.341 e. The number of benzene rings is 3. The molecule has 1 saturated heterocycles. The van der Waals surface area contributed by atoms with Crippen LogP contribution in [-0.4, -0.2) is 61.4 Å². The molecule has 1 atom stereocenters. The Morgan fingerprint density at radius 2 is 1.55 bits per heavy atom.